The van der Waals surface area contributed by atoms with Crippen LogP contribution in [0.2, 0.25) is 0 Å². The Morgan fingerprint density at radius 3 is 1.67 bits per heavy atom. The van der Waals surface area contributed by atoms with Crippen LogP contribution in [0.15, 0.2) is 0 Å². The van der Waals surface area contributed by atoms with Crippen molar-refractivity contribution < 1.29 is 19.8 Å². The fraction of sp³-hybridized carbons (Fsp3) is 0.714. The Morgan fingerprint density at radius 1 is 1.25 bits per heavy atom. The van der Waals surface area contributed by atoms with Crippen molar-refractivity contribution in [3.8, 4) is 0 Å². The van der Waals surface area contributed by atoms with Gasteiger partial charge in [-0.3, -0.25) is 9.59 Å². The first-order valence-corrected chi connectivity index (χ1v) is 3.46. The summed E-state index contributed by atoms with van der Waals surface area (Å²) >= 11 is 0. The van der Waals surface area contributed by atoms with E-state index in [9.17, 15) is 9.59 Å². The van der Waals surface area contributed by atoms with Crippen LogP contribution in [0.5, 0.6) is 0 Å². The standard InChI is InChI=1S/C7H12O4.K.H/c1-3-4(2)5(6(8)9)7(10)11;;/h4-5H,3H2,1-2H3,(H,8,9)(H,10,11);;. The van der Waals surface area contributed by atoms with Crippen molar-refractivity contribution in [2.45, 2.75) is 20.3 Å². The van der Waals surface area contributed by atoms with Gasteiger partial charge in [-0.25, -0.2) is 0 Å². The summed E-state index contributed by atoms with van der Waals surface area (Å²) in [5.74, 6) is -4.09. The summed E-state index contributed by atoms with van der Waals surface area (Å²) in [5.41, 5.74) is 0. The van der Waals surface area contributed by atoms with Crippen molar-refractivity contribution in [1.29, 1.82) is 0 Å². The van der Waals surface area contributed by atoms with Crippen LogP contribution in [0, 0.1) is 11.8 Å². The van der Waals surface area contributed by atoms with E-state index in [-0.39, 0.29) is 57.3 Å². The zero-order valence-corrected chi connectivity index (χ0v) is 6.57. The summed E-state index contributed by atoms with van der Waals surface area (Å²) in [6.45, 7) is 3.39. The van der Waals surface area contributed by atoms with E-state index in [0.29, 0.717) is 6.42 Å². The van der Waals surface area contributed by atoms with Gasteiger partial charge in [-0.2, -0.15) is 0 Å². The van der Waals surface area contributed by atoms with E-state index in [0.717, 1.165) is 0 Å². The Morgan fingerprint density at radius 2 is 1.58 bits per heavy atom. The monoisotopic (exact) mass is 200 g/mol. The zero-order valence-electron chi connectivity index (χ0n) is 6.57. The molecule has 0 amide bonds. The quantitative estimate of drug-likeness (QED) is 0.501. The number of rotatable bonds is 4. The molecule has 0 aromatic heterocycles. The third-order valence-electron chi connectivity index (χ3n) is 1.75. The van der Waals surface area contributed by atoms with Crippen molar-refractivity contribution in [2.24, 2.45) is 11.8 Å². The third-order valence-corrected chi connectivity index (χ3v) is 1.75. The van der Waals surface area contributed by atoms with Gasteiger partial charge in [-0.15, -0.1) is 0 Å². The van der Waals surface area contributed by atoms with Crippen molar-refractivity contribution in [2.75, 3.05) is 0 Å². The van der Waals surface area contributed by atoms with Gasteiger partial charge in [0, 0.05) is 0 Å². The average molecular weight is 200 g/mol. The van der Waals surface area contributed by atoms with Gasteiger partial charge in [-0.1, -0.05) is 20.3 Å². The Labute approximate surface area is 114 Å². The molecule has 0 radical (unpaired) electrons. The maximum absolute atomic E-state index is 10.4. The second-order valence-corrected chi connectivity index (χ2v) is 2.54. The summed E-state index contributed by atoms with van der Waals surface area (Å²) in [4.78, 5) is 20.7. The molecule has 0 aliphatic carbocycles. The number of hydrogen-bond donors (Lipinski definition) is 2. The Kier molecular flexibility index (Phi) is 8.82. The summed E-state index contributed by atoms with van der Waals surface area (Å²) < 4.78 is 0. The number of aliphatic carboxylic acids is 2. The fourth-order valence-corrected chi connectivity index (χ4v) is 0.828. The molecule has 1 unspecified atom stereocenters. The topological polar surface area (TPSA) is 74.6 Å². The molecule has 2 N–H and O–H groups in total. The molecule has 0 spiro atoms. The van der Waals surface area contributed by atoms with Gasteiger partial charge in [0.25, 0.3) is 0 Å². The van der Waals surface area contributed by atoms with Crippen LogP contribution in [0.25, 0.3) is 0 Å². The summed E-state index contributed by atoms with van der Waals surface area (Å²) in [6, 6.07) is 0. The molecule has 0 bridgehead atoms. The molecule has 0 saturated heterocycles. The molecular formula is C7H13KO4. The molecule has 0 aromatic rings. The molecule has 0 rings (SSSR count). The van der Waals surface area contributed by atoms with Gasteiger partial charge in [0.1, 0.15) is 0 Å². The van der Waals surface area contributed by atoms with Crippen molar-refractivity contribution in [1.82, 2.24) is 0 Å². The molecule has 0 aromatic carbocycles. The fourth-order valence-electron chi connectivity index (χ4n) is 0.828. The van der Waals surface area contributed by atoms with Crippen LogP contribution in [-0.2, 0) is 9.59 Å². The molecule has 0 aliphatic heterocycles. The SMILES string of the molecule is CCC(C)C(C(=O)O)C(=O)O.[KH]. The van der Waals surface area contributed by atoms with Gasteiger partial charge in [0.15, 0.2) is 5.92 Å². The van der Waals surface area contributed by atoms with E-state index in [4.69, 9.17) is 10.2 Å². The van der Waals surface area contributed by atoms with Crippen LogP contribution < -0.4 is 0 Å². The van der Waals surface area contributed by atoms with E-state index in [1.807, 2.05) is 0 Å². The van der Waals surface area contributed by atoms with Crippen molar-refractivity contribution in [3.63, 3.8) is 0 Å². The zero-order chi connectivity index (χ0) is 9.02. The minimum absolute atomic E-state index is 0. The normalized spacial score (nSPS) is 11.9. The van der Waals surface area contributed by atoms with Crippen molar-refractivity contribution >= 4 is 63.3 Å². The van der Waals surface area contributed by atoms with E-state index in [1.165, 1.54) is 0 Å². The summed E-state index contributed by atoms with van der Waals surface area (Å²) in [7, 11) is 0. The first kappa shape index (κ1) is 15.1. The van der Waals surface area contributed by atoms with E-state index < -0.39 is 17.9 Å². The molecule has 5 heteroatoms. The van der Waals surface area contributed by atoms with Crippen molar-refractivity contribution in [3.05, 3.63) is 0 Å². The molecular weight excluding hydrogens is 187 g/mol. The number of carboxylic acid groups (broad SMARTS) is 2. The second kappa shape index (κ2) is 7.03. The summed E-state index contributed by atoms with van der Waals surface area (Å²) in [5, 5.41) is 16.9. The van der Waals surface area contributed by atoms with E-state index in [1.54, 1.807) is 13.8 Å². The average Bonchev–Trinajstić information content (AvgIpc) is 1.85. The van der Waals surface area contributed by atoms with E-state index >= 15 is 0 Å². The van der Waals surface area contributed by atoms with Crippen LogP contribution in [-0.4, -0.2) is 73.5 Å². The predicted molar refractivity (Wildman–Crippen MR) is 45.4 cm³/mol. The molecule has 0 heterocycles. The first-order valence-electron chi connectivity index (χ1n) is 3.46. The summed E-state index contributed by atoms with van der Waals surface area (Å²) in [6.07, 6.45) is 0.559. The number of carbonyl (C=O) groups is 2. The molecule has 0 fully saturated rings. The van der Waals surface area contributed by atoms with Gasteiger partial charge >= 0.3 is 63.3 Å². The van der Waals surface area contributed by atoms with Gasteiger partial charge in [0.05, 0.1) is 0 Å². The van der Waals surface area contributed by atoms with Gasteiger partial charge in [-0.05, 0) is 5.92 Å². The van der Waals surface area contributed by atoms with Crippen LogP contribution in [0.4, 0.5) is 0 Å². The van der Waals surface area contributed by atoms with E-state index in [2.05, 4.69) is 0 Å². The molecule has 1 atom stereocenters. The second-order valence-electron chi connectivity index (χ2n) is 2.54. The number of carboxylic acids is 2. The van der Waals surface area contributed by atoms with Gasteiger partial charge in [0.2, 0.25) is 0 Å². The predicted octanol–water partition coefficient (Wildman–Crippen LogP) is 0.169. The molecule has 66 valence electrons. The molecule has 0 aliphatic rings. The first-order chi connectivity index (χ1) is 5.00. The van der Waals surface area contributed by atoms with Crippen LogP contribution in [0.3, 0.4) is 0 Å². The minimum atomic E-state index is -1.26. The Balaban J connectivity index is 0. The maximum atomic E-state index is 10.4. The Hall–Kier alpha value is 0.576. The van der Waals surface area contributed by atoms with Gasteiger partial charge < -0.3 is 10.2 Å². The van der Waals surface area contributed by atoms with Crippen LogP contribution in [0.1, 0.15) is 20.3 Å². The number of hydrogen-bond acceptors (Lipinski definition) is 2. The molecule has 0 saturated carbocycles. The van der Waals surface area contributed by atoms with Crippen LogP contribution >= 0.6 is 0 Å². The molecule has 12 heavy (non-hydrogen) atoms. The Bertz CT molecular complexity index is 155. The molecule has 4 nitrogen and oxygen atoms in total. The third kappa shape index (κ3) is 4.56.